The largest absolute Gasteiger partial charge is 0.481 e. The first kappa shape index (κ1) is 16.1. The van der Waals surface area contributed by atoms with Gasteiger partial charge < -0.3 is 5.11 Å². The molecule has 21 heavy (non-hydrogen) atoms. The second-order valence-corrected chi connectivity index (χ2v) is 6.94. The van der Waals surface area contributed by atoms with Crippen molar-refractivity contribution < 1.29 is 9.90 Å². The molecule has 1 aromatic rings. The fourth-order valence-electron chi connectivity index (χ4n) is 3.69. The lowest BCUT2D eigenvalue weighted by atomic mass is 9.66. The zero-order valence-corrected chi connectivity index (χ0v) is 13.7. The van der Waals surface area contributed by atoms with E-state index in [-0.39, 0.29) is 0 Å². The number of hydrogen-bond donors (Lipinski definition) is 1. The zero-order valence-electron chi connectivity index (χ0n) is 13.7. The molecule has 0 unspecified atom stereocenters. The van der Waals surface area contributed by atoms with Crippen LogP contribution in [0.1, 0.15) is 57.8 Å². The lowest BCUT2D eigenvalue weighted by molar-refractivity contribution is -0.152. The standard InChI is InChI=1S/C17H28N2O2/c1-5-19-15(10-13(4)18-19)11-17(16(20)21)8-6-14(7-9-17)12(2)3/h10,12,14H,5-9,11H2,1-4H3,(H,20,21). The van der Waals surface area contributed by atoms with E-state index in [1.165, 1.54) is 0 Å². The van der Waals surface area contributed by atoms with Crippen LogP contribution in [-0.4, -0.2) is 20.9 Å². The summed E-state index contributed by atoms with van der Waals surface area (Å²) < 4.78 is 1.95. The molecule has 0 amide bonds. The van der Waals surface area contributed by atoms with E-state index in [0.717, 1.165) is 43.6 Å². The third-order valence-corrected chi connectivity index (χ3v) is 5.19. The van der Waals surface area contributed by atoms with Gasteiger partial charge in [0.15, 0.2) is 0 Å². The lowest BCUT2D eigenvalue weighted by Crippen LogP contribution is -2.38. The minimum atomic E-state index is -0.633. The molecule has 0 bridgehead atoms. The van der Waals surface area contributed by atoms with Crippen LogP contribution < -0.4 is 0 Å². The number of aliphatic carboxylic acids is 1. The van der Waals surface area contributed by atoms with Crippen molar-refractivity contribution in [1.82, 2.24) is 9.78 Å². The molecule has 0 saturated heterocycles. The van der Waals surface area contributed by atoms with E-state index in [2.05, 4.69) is 25.9 Å². The van der Waals surface area contributed by atoms with Crippen molar-refractivity contribution in [2.24, 2.45) is 17.3 Å². The van der Waals surface area contributed by atoms with E-state index in [4.69, 9.17) is 0 Å². The highest BCUT2D eigenvalue weighted by molar-refractivity contribution is 5.75. The summed E-state index contributed by atoms with van der Waals surface area (Å²) in [6.45, 7) is 9.31. The molecule has 1 aromatic heterocycles. The number of carboxylic acid groups (broad SMARTS) is 1. The molecule has 0 spiro atoms. The Balaban J connectivity index is 2.18. The Kier molecular flexibility index (Phi) is 4.74. The minimum Gasteiger partial charge on any atom is -0.481 e. The van der Waals surface area contributed by atoms with Gasteiger partial charge in [0.2, 0.25) is 0 Å². The molecule has 0 aromatic carbocycles. The summed E-state index contributed by atoms with van der Waals surface area (Å²) in [5.41, 5.74) is 1.45. The van der Waals surface area contributed by atoms with E-state index < -0.39 is 11.4 Å². The van der Waals surface area contributed by atoms with Gasteiger partial charge in [-0.2, -0.15) is 5.10 Å². The van der Waals surface area contributed by atoms with Crippen LogP contribution in [0.4, 0.5) is 0 Å². The fraction of sp³-hybridized carbons (Fsp3) is 0.765. The molecule has 0 aliphatic heterocycles. The minimum absolute atomic E-state index is 0.592. The van der Waals surface area contributed by atoms with E-state index >= 15 is 0 Å². The van der Waals surface area contributed by atoms with Crippen LogP contribution in [-0.2, 0) is 17.8 Å². The van der Waals surface area contributed by atoms with Crippen molar-refractivity contribution >= 4 is 5.97 Å². The maximum Gasteiger partial charge on any atom is 0.310 e. The molecule has 118 valence electrons. The van der Waals surface area contributed by atoms with Crippen molar-refractivity contribution in [3.63, 3.8) is 0 Å². The molecule has 4 heteroatoms. The molecule has 1 saturated carbocycles. The van der Waals surface area contributed by atoms with E-state index in [9.17, 15) is 9.90 Å². The van der Waals surface area contributed by atoms with Crippen molar-refractivity contribution in [2.45, 2.75) is 66.3 Å². The van der Waals surface area contributed by atoms with E-state index in [0.29, 0.717) is 18.3 Å². The van der Waals surface area contributed by atoms with E-state index in [1.54, 1.807) is 0 Å². The van der Waals surface area contributed by atoms with Crippen LogP contribution in [0.2, 0.25) is 0 Å². The van der Waals surface area contributed by atoms with Gasteiger partial charge in [0, 0.05) is 18.7 Å². The van der Waals surface area contributed by atoms with Gasteiger partial charge in [-0.05, 0) is 57.4 Å². The Morgan fingerprint density at radius 2 is 2.10 bits per heavy atom. The van der Waals surface area contributed by atoms with Gasteiger partial charge >= 0.3 is 5.97 Å². The number of carboxylic acids is 1. The van der Waals surface area contributed by atoms with Crippen LogP contribution in [0.15, 0.2) is 6.07 Å². The van der Waals surface area contributed by atoms with Crippen molar-refractivity contribution in [1.29, 1.82) is 0 Å². The quantitative estimate of drug-likeness (QED) is 0.901. The SMILES string of the molecule is CCn1nc(C)cc1CC1(C(=O)O)CCC(C(C)C)CC1. The molecule has 1 aliphatic carbocycles. The van der Waals surface area contributed by atoms with Crippen LogP contribution in [0.5, 0.6) is 0 Å². The molecular weight excluding hydrogens is 264 g/mol. The number of nitrogens with zero attached hydrogens (tertiary/aromatic N) is 2. The average molecular weight is 292 g/mol. The maximum absolute atomic E-state index is 11.9. The molecule has 4 nitrogen and oxygen atoms in total. The molecular formula is C17H28N2O2. The van der Waals surface area contributed by atoms with Gasteiger partial charge in [-0.15, -0.1) is 0 Å². The lowest BCUT2D eigenvalue weighted by Gasteiger charge is -2.38. The number of carbonyl (C=O) groups is 1. The van der Waals surface area contributed by atoms with E-state index in [1.807, 2.05) is 17.7 Å². The van der Waals surface area contributed by atoms with Crippen molar-refractivity contribution in [3.8, 4) is 0 Å². The third-order valence-electron chi connectivity index (χ3n) is 5.19. The van der Waals surface area contributed by atoms with Crippen LogP contribution >= 0.6 is 0 Å². The molecule has 0 radical (unpaired) electrons. The van der Waals surface area contributed by atoms with Crippen LogP contribution in [0.3, 0.4) is 0 Å². The first-order valence-corrected chi connectivity index (χ1v) is 8.14. The van der Waals surface area contributed by atoms with Gasteiger partial charge in [0.25, 0.3) is 0 Å². The molecule has 1 heterocycles. The Morgan fingerprint density at radius 3 is 2.57 bits per heavy atom. The summed E-state index contributed by atoms with van der Waals surface area (Å²) in [6, 6.07) is 2.04. The Labute approximate surface area is 127 Å². The molecule has 1 aliphatic rings. The predicted octanol–water partition coefficient (Wildman–Crippen LogP) is 3.67. The third kappa shape index (κ3) is 3.30. The van der Waals surface area contributed by atoms with Crippen LogP contribution in [0, 0.1) is 24.2 Å². The summed E-state index contributed by atoms with van der Waals surface area (Å²) in [7, 11) is 0. The molecule has 2 rings (SSSR count). The summed E-state index contributed by atoms with van der Waals surface area (Å²) in [6.07, 6.45) is 4.26. The molecule has 0 atom stereocenters. The monoisotopic (exact) mass is 292 g/mol. The highest BCUT2D eigenvalue weighted by Gasteiger charge is 2.43. The van der Waals surface area contributed by atoms with Gasteiger partial charge in [0.1, 0.15) is 0 Å². The first-order chi connectivity index (χ1) is 9.88. The smallest absolute Gasteiger partial charge is 0.310 e. The Bertz CT molecular complexity index is 497. The Morgan fingerprint density at radius 1 is 1.48 bits per heavy atom. The number of hydrogen-bond acceptors (Lipinski definition) is 2. The topological polar surface area (TPSA) is 55.1 Å². The average Bonchev–Trinajstić information content (AvgIpc) is 2.78. The zero-order chi connectivity index (χ0) is 15.6. The number of aryl methyl sites for hydroxylation is 2. The maximum atomic E-state index is 11.9. The van der Waals surface area contributed by atoms with Gasteiger partial charge in [-0.1, -0.05) is 13.8 Å². The van der Waals surface area contributed by atoms with Gasteiger partial charge in [-0.25, -0.2) is 0 Å². The fourth-order valence-corrected chi connectivity index (χ4v) is 3.69. The highest BCUT2D eigenvalue weighted by atomic mass is 16.4. The highest BCUT2D eigenvalue weighted by Crippen LogP contribution is 2.44. The normalized spacial score (nSPS) is 26.2. The van der Waals surface area contributed by atoms with Crippen LogP contribution in [0.25, 0.3) is 0 Å². The number of aromatic nitrogens is 2. The van der Waals surface area contributed by atoms with Crippen molar-refractivity contribution in [2.75, 3.05) is 0 Å². The second kappa shape index (κ2) is 6.20. The number of rotatable bonds is 5. The second-order valence-electron chi connectivity index (χ2n) is 6.94. The van der Waals surface area contributed by atoms with Gasteiger partial charge in [0.05, 0.1) is 11.1 Å². The summed E-state index contributed by atoms with van der Waals surface area (Å²) >= 11 is 0. The van der Waals surface area contributed by atoms with Crippen molar-refractivity contribution in [3.05, 3.63) is 17.5 Å². The summed E-state index contributed by atoms with van der Waals surface area (Å²) in [5.74, 6) is 0.696. The summed E-state index contributed by atoms with van der Waals surface area (Å²) in [4.78, 5) is 11.9. The summed E-state index contributed by atoms with van der Waals surface area (Å²) in [5, 5.41) is 14.3. The van der Waals surface area contributed by atoms with Gasteiger partial charge in [-0.3, -0.25) is 9.48 Å². The molecule has 1 fully saturated rings. The molecule has 1 N–H and O–H groups in total. The predicted molar refractivity (Wildman–Crippen MR) is 83.2 cm³/mol. The Hall–Kier alpha value is -1.32. The first-order valence-electron chi connectivity index (χ1n) is 8.14.